The maximum Gasteiger partial charge on any atom is 0.269 e. The number of non-ortho nitro benzene ring substituents is 1. The van der Waals surface area contributed by atoms with Gasteiger partial charge in [0, 0.05) is 17.0 Å². The summed E-state index contributed by atoms with van der Waals surface area (Å²) in [5.74, 6) is 0.567. The lowest BCUT2D eigenvalue weighted by Gasteiger charge is -2.34. The highest BCUT2D eigenvalue weighted by atomic mass is 32.1. The lowest BCUT2D eigenvalue weighted by Crippen LogP contribution is -2.38. The van der Waals surface area contributed by atoms with Crippen molar-refractivity contribution in [2.45, 2.75) is 46.2 Å². The van der Waals surface area contributed by atoms with Gasteiger partial charge in [-0.2, -0.15) is 0 Å². The van der Waals surface area contributed by atoms with Gasteiger partial charge in [-0.3, -0.25) is 14.9 Å². The van der Waals surface area contributed by atoms with Crippen LogP contribution in [-0.2, 0) is 12.8 Å². The number of rotatable bonds is 2. The summed E-state index contributed by atoms with van der Waals surface area (Å²) < 4.78 is 0. The number of fused-ring (bicyclic) bond motifs is 3. The molecule has 0 fully saturated rings. The van der Waals surface area contributed by atoms with E-state index in [0.717, 1.165) is 35.4 Å². The zero-order valence-electron chi connectivity index (χ0n) is 15.7. The molecule has 1 aliphatic carbocycles. The van der Waals surface area contributed by atoms with Crippen molar-refractivity contribution >= 4 is 27.9 Å². The monoisotopic (exact) mass is 385 g/mol. The maximum atomic E-state index is 12.8. The van der Waals surface area contributed by atoms with Gasteiger partial charge in [-0.05, 0) is 53.9 Å². The second-order valence-corrected chi connectivity index (χ2v) is 9.52. The lowest BCUT2D eigenvalue weighted by molar-refractivity contribution is -0.384. The van der Waals surface area contributed by atoms with Crippen LogP contribution in [-0.4, -0.2) is 10.8 Å². The van der Waals surface area contributed by atoms with E-state index in [4.69, 9.17) is 0 Å². The Balaban J connectivity index is 1.61. The summed E-state index contributed by atoms with van der Waals surface area (Å²) in [7, 11) is 0. The maximum absolute atomic E-state index is 12.8. The molecule has 0 saturated heterocycles. The van der Waals surface area contributed by atoms with Crippen molar-refractivity contribution in [1.82, 2.24) is 5.32 Å². The minimum Gasteiger partial charge on any atom is -0.353 e. The number of nitro benzene ring substituents is 1. The van der Waals surface area contributed by atoms with Crippen LogP contribution < -0.4 is 10.6 Å². The smallest absolute Gasteiger partial charge is 0.269 e. The zero-order valence-corrected chi connectivity index (χ0v) is 16.5. The van der Waals surface area contributed by atoms with E-state index in [1.165, 1.54) is 22.6 Å². The number of nitrogens with one attached hydrogen (secondary N) is 2. The minimum absolute atomic E-state index is 0.0429. The Kier molecular flexibility index (Phi) is 4.22. The summed E-state index contributed by atoms with van der Waals surface area (Å²) >= 11 is 1.69. The third-order valence-electron chi connectivity index (χ3n) is 5.71. The van der Waals surface area contributed by atoms with Gasteiger partial charge in [0.25, 0.3) is 11.6 Å². The predicted octanol–water partition coefficient (Wildman–Crippen LogP) is 4.66. The molecule has 2 aliphatic rings. The summed E-state index contributed by atoms with van der Waals surface area (Å²) in [5, 5.41) is 18.2. The highest BCUT2D eigenvalue weighted by molar-refractivity contribution is 7.16. The fourth-order valence-corrected chi connectivity index (χ4v) is 5.35. The first kappa shape index (κ1) is 18.0. The van der Waals surface area contributed by atoms with Crippen LogP contribution in [0.1, 0.15) is 59.7 Å². The highest BCUT2D eigenvalue weighted by Crippen LogP contribution is 2.46. The largest absolute Gasteiger partial charge is 0.353 e. The molecule has 0 bridgehead atoms. The average molecular weight is 385 g/mol. The van der Waals surface area contributed by atoms with Crippen LogP contribution in [0.5, 0.6) is 0 Å². The van der Waals surface area contributed by atoms with E-state index in [2.05, 4.69) is 31.4 Å². The van der Waals surface area contributed by atoms with Crippen molar-refractivity contribution < 1.29 is 9.72 Å². The Morgan fingerprint density at radius 3 is 2.52 bits per heavy atom. The molecule has 1 aliphatic heterocycles. The summed E-state index contributed by atoms with van der Waals surface area (Å²) in [6.07, 6.45) is 2.71. The summed E-state index contributed by atoms with van der Waals surface area (Å²) in [4.78, 5) is 24.5. The van der Waals surface area contributed by atoms with Gasteiger partial charge in [0.1, 0.15) is 11.2 Å². The zero-order chi connectivity index (χ0) is 19.3. The Morgan fingerprint density at radius 1 is 1.19 bits per heavy atom. The van der Waals surface area contributed by atoms with Crippen LogP contribution in [0.25, 0.3) is 0 Å². The standard InChI is InChI=1S/C20H23N3O3S/c1-20(2,3)12-6-9-14-15(10-12)27-19-16(14)18(24)21-17(22-19)11-4-7-13(8-5-11)23(25)26/h4-5,7-8,12,17,22H,6,9-10H2,1-3H3,(H,21,24). The van der Waals surface area contributed by atoms with Crippen LogP contribution in [0.15, 0.2) is 24.3 Å². The van der Waals surface area contributed by atoms with Gasteiger partial charge in [0.2, 0.25) is 0 Å². The number of amides is 1. The number of benzene rings is 1. The summed E-state index contributed by atoms with van der Waals surface area (Å²) in [5.41, 5.74) is 3.10. The molecular weight excluding hydrogens is 362 g/mol. The van der Waals surface area contributed by atoms with Crippen LogP contribution in [0.2, 0.25) is 0 Å². The Bertz CT molecular complexity index is 912. The van der Waals surface area contributed by atoms with Gasteiger partial charge in [0.05, 0.1) is 10.5 Å². The lowest BCUT2D eigenvalue weighted by atomic mass is 9.72. The number of nitrogens with zero attached hydrogens (tertiary/aromatic N) is 1. The number of anilines is 1. The predicted molar refractivity (Wildman–Crippen MR) is 106 cm³/mol. The highest BCUT2D eigenvalue weighted by Gasteiger charge is 2.36. The average Bonchev–Trinajstić information content (AvgIpc) is 2.99. The number of thiophene rings is 1. The first-order valence-corrected chi connectivity index (χ1v) is 10.0. The Labute approximate surface area is 162 Å². The van der Waals surface area contributed by atoms with Crippen molar-refractivity contribution in [2.75, 3.05) is 5.32 Å². The minimum atomic E-state index is -0.423. The third kappa shape index (κ3) is 3.20. The molecule has 1 amide bonds. The van der Waals surface area contributed by atoms with Crippen molar-refractivity contribution in [3.8, 4) is 0 Å². The van der Waals surface area contributed by atoms with E-state index in [0.29, 0.717) is 5.92 Å². The fraction of sp³-hybridized carbons (Fsp3) is 0.450. The molecule has 0 spiro atoms. The number of hydrogen-bond donors (Lipinski definition) is 2. The number of nitro groups is 1. The Morgan fingerprint density at radius 2 is 1.89 bits per heavy atom. The molecule has 142 valence electrons. The summed E-state index contributed by atoms with van der Waals surface area (Å²) in [6.45, 7) is 6.85. The molecule has 1 aromatic heterocycles. The molecular formula is C20H23N3O3S. The van der Waals surface area contributed by atoms with Crippen LogP contribution in [0.3, 0.4) is 0 Å². The molecule has 2 heterocycles. The first-order valence-electron chi connectivity index (χ1n) is 9.20. The SMILES string of the molecule is CC(C)(C)C1CCc2c(sc3c2C(=O)NC(c2ccc([N+](=O)[O-])cc2)N3)C1. The van der Waals surface area contributed by atoms with Gasteiger partial charge in [-0.1, -0.05) is 20.8 Å². The van der Waals surface area contributed by atoms with Gasteiger partial charge in [-0.15, -0.1) is 11.3 Å². The number of hydrogen-bond acceptors (Lipinski definition) is 5. The van der Waals surface area contributed by atoms with E-state index in [9.17, 15) is 14.9 Å². The summed E-state index contributed by atoms with van der Waals surface area (Å²) in [6, 6.07) is 6.30. The van der Waals surface area contributed by atoms with Crippen LogP contribution >= 0.6 is 11.3 Å². The third-order valence-corrected chi connectivity index (χ3v) is 6.89. The Hall–Kier alpha value is -2.41. The van der Waals surface area contributed by atoms with Crippen LogP contribution in [0.4, 0.5) is 10.7 Å². The van der Waals surface area contributed by atoms with E-state index >= 15 is 0 Å². The van der Waals surface area contributed by atoms with E-state index < -0.39 is 4.92 Å². The molecule has 27 heavy (non-hydrogen) atoms. The van der Waals surface area contributed by atoms with E-state index in [-0.39, 0.29) is 23.2 Å². The first-order chi connectivity index (χ1) is 12.7. The van der Waals surface area contributed by atoms with Crippen LogP contribution in [0, 0.1) is 21.4 Å². The van der Waals surface area contributed by atoms with Crippen molar-refractivity contribution in [3.63, 3.8) is 0 Å². The second kappa shape index (κ2) is 6.34. The van der Waals surface area contributed by atoms with Gasteiger partial charge in [0.15, 0.2) is 0 Å². The van der Waals surface area contributed by atoms with Gasteiger partial charge < -0.3 is 10.6 Å². The molecule has 0 radical (unpaired) electrons. The normalized spacial score (nSPS) is 21.7. The van der Waals surface area contributed by atoms with Crippen molar-refractivity contribution in [1.29, 1.82) is 0 Å². The molecule has 2 unspecified atom stereocenters. The van der Waals surface area contributed by atoms with E-state index in [1.54, 1.807) is 23.5 Å². The number of carbonyl (C=O) groups excluding carboxylic acids is 1. The van der Waals surface area contributed by atoms with Gasteiger partial charge in [-0.25, -0.2) is 0 Å². The second-order valence-electron chi connectivity index (χ2n) is 8.41. The molecule has 4 rings (SSSR count). The van der Waals surface area contributed by atoms with Gasteiger partial charge >= 0.3 is 0 Å². The molecule has 2 N–H and O–H groups in total. The van der Waals surface area contributed by atoms with Crippen molar-refractivity contribution in [3.05, 3.63) is 55.9 Å². The molecule has 1 aromatic carbocycles. The quantitative estimate of drug-likeness (QED) is 0.582. The van der Waals surface area contributed by atoms with Crippen molar-refractivity contribution in [2.24, 2.45) is 11.3 Å². The molecule has 2 aromatic rings. The topological polar surface area (TPSA) is 84.3 Å². The molecule has 0 saturated carbocycles. The molecule has 2 atom stereocenters. The van der Waals surface area contributed by atoms with E-state index in [1.807, 2.05) is 0 Å². The fourth-order valence-electron chi connectivity index (χ4n) is 3.99. The molecule has 7 heteroatoms. The number of carbonyl (C=O) groups is 1. The molecule has 6 nitrogen and oxygen atoms in total.